The lowest BCUT2D eigenvalue weighted by atomic mass is 10.2. The van der Waals surface area contributed by atoms with E-state index in [0.717, 1.165) is 18.5 Å². The Labute approximate surface area is 82.6 Å². The van der Waals surface area contributed by atoms with Gasteiger partial charge < -0.3 is 4.57 Å². The number of hydrogen-bond acceptors (Lipinski definition) is 3. The minimum absolute atomic E-state index is 0.133. The molecule has 0 unspecified atom stereocenters. The molecule has 0 aromatic carbocycles. The quantitative estimate of drug-likeness (QED) is 0.550. The first kappa shape index (κ1) is 10.3. The van der Waals surface area contributed by atoms with E-state index in [0.29, 0.717) is 0 Å². The first-order valence-corrected chi connectivity index (χ1v) is 4.95. The Balaban J connectivity index is 2.68. The number of hydrogen-bond donors (Lipinski definition) is 0. The molecule has 0 bridgehead atoms. The first-order valence-electron chi connectivity index (χ1n) is 4.18. The molecule has 1 aromatic rings. The molecule has 3 nitrogen and oxygen atoms in total. The van der Waals surface area contributed by atoms with E-state index in [1.807, 2.05) is 26.1 Å². The van der Waals surface area contributed by atoms with Crippen molar-refractivity contribution >= 4 is 11.9 Å². The summed E-state index contributed by atoms with van der Waals surface area (Å²) in [5.74, 6) is 0. The molecule has 0 amide bonds. The maximum atomic E-state index is 10.1. The van der Waals surface area contributed by atoms with Crippen LogP contribution in [0.1, 0.15) is 19.5 Å². The van der Waals surface area contributed by atoms with Gasteiger partial charge in [-0.2, -0.15) is 0 Å². The van der Waals surface area contributed by atoms with Crippen LogP contribution in [-0.2, 0) is 6.54 Å². The third-order valence-electron chi connectivity index (χ3n) is 1.89. The molecule has 0 atom stereocenters. The van der Waals surface area contributed by atoms with Crippen molar-refractivity contribution in [2.75, 3.05) is 0 Å². The molecule has 0 spiro atoms. The number of rotatable bonds is 4. The zero-order valence-corrected chi connectivity index (χ0v) is 8.97. The third-order valence-corrected chi connectivity index (χ3v) is 2.59. The molecule has 0 aliphatic carbocycles. The minimum atomic E-state index is -0.133. The molecule has 1 aromatic heterocycles. The summed E-state index contributed by atoms with van der Waals surface area (Å²) >= 11 is 1.09. The Morgan fingerprint density at radius 3 is 2.77 bits per heavy atom. The summed E-state index contributed by atoms with van der Waals surface area (Å²) in [4.78, 5) is 10.1. The van der Waals surface area contributed by atoms with Gasteiger partial charge in [0.25, 0.3) is 0 Å². The van der Waals surface area contributed by atoms with Crippen molar-refractivity contribution in [2.24, 2.45) is 4.58 Å². The highest BCUT2D eigenvalue weighted by Crippen LogP contribution is 2.27. The van der Waals surface area contributed by atoms with Crippen molar-refractivity contribution in [1.82, 2.24) is 4.57 Å². The van der Waals surface area contributed by atoms with Gasteiger partial charge in [0.2, 0.25) is 0 Å². The van der Waals surface area contributed by atoms with Crippen molar-refractivity contribution in [3.63, 3.8) is 0 Å². The molecule has 72 valence electrons. The normalized spacial score (nSPS) is 11.6. The Morgan fingerprint density at radius 2 is 2.31 bits per heavy atom. The molecule has 4 heteroatoms. The second kappa shape index (κ2) is 3.96. The van der Waals surface area contributed by atoms with Gasteiger partial charge in [0.05, 0.1) is 4.75 Å². The molecule has 0 radical (unpaired) electrons. The van der Waals surface area contributed by atoms with Crippen molar-refractivity contribution in [2.45, 2.75) is 32.1 Å². The topological polar surface area (TPSA) is 34.4 Å². The first-order chi connectivity index (χ1) is 6.05. The Morgan fingerprint density at radius 1 is 1.62 bits per heavy atom. The molecule has 0 fully saturated rings. The highest BCUT2D eigenvalue weighted by atomic mass is 32.2. The van der Waals surface area contributed by atoms with Gasteiger partial charge in [-0.15, -0.1) is 4.91 Å². The van der Waals surface area contributed by atoms with Gasteiger partial charge in [-0.05, 0) is 32.9 Å². The van der Waals surface area contributed by atoms with Gasteiger partial charge in [0.1, 0.15) is 0 Å². The lowest BCUT2D eigenvalue weighted by Crippen LogP contribution is -2.22. The zero-order valence-electron chi connectivity index (χ0n) is 8.15. The number of nitroso groups, excluding NO2 is 1. The third kappa shape index (κ3) is 2.88. The fourth-order valence-electron chi connectivity index (χ4n) is 1.22. The second-order valence-corrected chi connectivity index (χ2v) is 5.14. The van der Waals surface area contributed by atoms with E-state index in [2.05, 4.69) is 22.1 Å². The average molecular weight is 198 g/mol. The van der Waals surface area contributed by atoms with Crippen molar-refractivity contribution in [3.05, 3.63) is 28.9 Å². The maximum absolute atomic E-state index is 10.1. The van der Waals surface area contributed by atoms with E-state index < -0.39 is 0 Å². The molecule has 0 aliphatic rings. The van der Waals surface area contributed by atoms with Crippen LogP contribution in [0.25, 0.3) is 0 Å². The molecule has 1 rings (SSSR count). The summed E-state index contributed by atoms with van der Waals surface area (Å²) in [6, 6.07) is 4.06. The number of aromatic nitrogens is 1. The predicted molar refractivity (Wildman–Crippen MR) is 56.6 cm³/mol. The number of nitrogens with zero attached hydrogens (tertiary/aromatic N) is 2. The lowest BCUT2D eigenvalue weighted by Gasteiger charge is -2.21. The zero-order chi connectivity index (χ0) is 9.90. The average Bonchev–Trinajstić information content (AvgIpc) is 2.35. The van der Waals surface area contributed by atoms with Gasteiger partial charge in [-0.3, -0.25) is 0 Å². The standard InChI is InChI=1S/C9H14N2OS/c1-8-5-4-6-11(8)7-9(2,3)13-10-12/h4-6H,7H2,1-3H3. The molecule has 0 aliphatic heterocycles. The van der Waals surface area contributed by atoms with Gasteiger partial charge in [-0.25, -0.2) is 0 Å². The van der Waals surface area contributed by atoms with Crippen LogP contribution < -0.4 is 0 Å². The predicted octanol–water partition coefficient (Wildman–Crippen LogP) is 2.99. The summed E-state index contributed by atoms with van der Waals surface area (Å²) in [6.07, 6.45) is 2.02. The minimum Gasteiger partial charge on any atom is -0.350 e. The van der Waals surface area contributed by atoms with E-state index in [9.17, 15) is 4.91 Å². The Kier molecular flexibility index (Phi) is 3.14. The van der Waals surface area contributed by atoms with E-state index in [-0.39, 0.29) is 4.75 Å². The molecular formula is C9H14N2OS. The van der Waals surface area contributed by atoms with E-state index in [1.54, 1.807) is 0 Å². The van der Waals surface area contributed by atoms with Gasteiger partial charge >= 0.3 is 0 Å². The fraction of sp³-hybridized carbons (Fsp3) is 0.556. The summed E-state index contributed by atoms with van der Waals surface area (Å²) < 4.78 is 4.86. The van der Waals surface area contributed by atoms with Crippen LogP contribution in [0.4, 0.5) is 0 Å². The van der Waals surface area contributed by atoms with Crippen LogP contribution in [-0.4, -0.2) is 9.31 Å². The van der Waals surface area contributed by atoms with Crippen molar-refractivity contribution in [3.8, 4) is 0 Å². The van der Waals surface area contributed by atoms with Crippen LogP contribution in [0.3, 0.4) is 0 Å². The SMILES string of the molecule is Cc1cccn1CC(C)(C)SN=O. The molecule has 1 heterocycles. The van der Waals surface area contributed by atoms with Crippen LogP contribution in [0.2, 0.25) is 0 Å². The lowest BCUT2D eigenvalue weighted by molar-refractivity contribution is 0.560. The Bertz CT molecular complexity index is 294. The van der Waals surface area contributed by atoms with E-state index in [1.165, 1.54) is 5.69 Å². The summed E-state index contributed by atoms with van der Waals surface area (Å²) in [7, 11) is 0. The van der Waals surface area contributed by atoms with E-state index in [4.69, 9.17) is 0 Å². The highest BCUT2D eigenvalue weighted by Gasteiger charge is 2.20. The summed E-state index contributed by atoms with van der Waals surface area (Å²) in [5, 5.41) is 0. The molecular weight excluding hydrogens is 184 g/mol. The molecule has 0 N–H and O–H groups in total. The van der Waals surface area contributed by atoms with Gasteiger partial charge in [0.15, 0.2) is 0 Å². The van der Waals surface area contributed by atoms with Crippen molar-refractivity contribution in [1.29, 1.82) is 0 Å². The maximum Gasteiger partial charge on any atom is 0.0534 e. The molecule has 0 saturated carbocycles. The Hall–Kier alpha value is -0.770. The van der Waals surface area contributed by atoms with E-state index >= 15 is 0 Å². The number of aryl methyl sites for hydroxylation is 1. The smallest absolute Gasteiger partial charge is 0.0534 e. The fourth-order valence-corrected chi connectivity index (χ4v) is 1.62. The molecule has 0 saturated heterocycles. The monoisotopic (exact) mass is 198 g/mol. The summed E-state index contributed by atoms with van der Waals surface area (Å²) in [5.41, 5.74) is 1.21. The van der Waals surface area contributed by atoms with Crippen LogP contribution in [0.15, 0.2) is 22.9 Å². The van der Waals surface area contributed by atoms with Crippen molar-refractivity contribution < 1.29 is 0 Å². The highest BCUT2D eigenvalue weighted by molar-refractivity contribution is 7.99. The largest absolute Gasteiger partial charge is 0.350 e. The van der Waals surface area contributed by atoms with Gasteiger partial charge in [-0.1, -0.05) is 0 Å². The molecule has 13 heavy (non-hydrogen) atoms. The second-order valence-electron chi connectivity index (χ2n) is 3.70. The summed E-state index contributed by atoms with van der Waals surface area (Å²) in [6.45, 7) is 6.88. The van der Waals surface area contributed by atoms with Crippen LogP contribution in [0, 0.1) is 11.8 Å². The van der Waals surface area contributed by atoms with Gasteiger partial charge in [0, 0.05) is 35.0 Å². The van der Waals surface area contributed by atoms with Crippen LogP contribution >= 0.6 is 11.9 Å². The van der Waals surface area contributed by atoms with Crippen LogP contribution in [0.5, 0.6) is 0 Å².